The van der Waals surface area contributed by atoms with Crippen molar-refractivity contribution < 1.29 is 0 Å². The summed E-state index contributed by atoms with van der Waals surface area (Å²) in [7, 11) is 0. The number of nitriles is 2. The number of fused-ring (bicyclic) bond motifs is 1. The second-order valence-corrected chi connectivity index (χ2v) is 7.66. The van der Waals surface area contributed by atoms with E-state index in [9.17, 15) is 10.1 Å². The predicted molar refractivity (Wildman–Crippen MR) is 112 cm³/mol. The van der Waals surface area contributed by atoms with E-state index in [0.29, 0.717) is 45.4 Å². The molecule has 3 rings (SSSR count). The molecule has 2 aromatic carbocycles. The van der Waals surface area contributed by atoms with Crippen LogP contribution in [0, 0.1) is 35.5 Å². The third kappa shape index (κ3) is 4.04. The van der Waals surface area contributed by atoms with Crippen LogP contribution in [0.1, 0.15) is 18.4 Å². The van der Waals surface area contributed by atoms with Gasteiger partial charge in [-0.05, 0) is 43.2 Å². The molecule has 0 saturated carbocycles. The Morgan fingerprint density at radius 1 is 1.21 bits per heavy atom. The molecule has 0 unspecified atom stereocenters. The summed E-state index contributed by atoms with van der Waals surface area (Å²) in [6.45, 7) is 1.86. The van der Waals surface area contributed by atoms with Gasteiger partial charge in [0.25, 0.3) is 5.56 Å². The first-order valence-electron chi connectivity index (χ1n) is 8.73. The fourth-order valence-electron chi connectivity index (χ4n) is 2.86. The average Bonchev–Trinajstić information content (AvgIpc) is 2.71. The summed E-state index contributed by atoms with van der Waals surface area (Å²) in [5, 5.41) is 19.7. The van der Waals surface area contributed by atoms with E-state index in [4.69, 9.17) is 16.9 Å². The molecule has 1 heterocycles. The van der Waals surface area contributed by atoms with Crippen molar-refractivity contribution in [2.75, 3.05) is 5.75 Å². The first-order valence-corrected chi connectivity index (χ1v) is 10.1. The van der Waals surface area contributed by atoms with Crippen LogP contribution in [0.2, 0.25) is 5.02 Å². The van der Waals surface area contributed by atoms with Gasteiger partial charge in [0.1, 0.15) is 0 Å². The highest BCUT2D eigenvalue weighted by molar-refractivity contribution is 7.99. The molecule has 0 N–H and O–H groups in total. The van der Waals surface area contributed by atoms with Crippen LogP contribution in [0.5, 0.6) is 0 Å². The smallest absolute Gasteiger partial charge is 0.266 e. The molecule has 0 bridgehead atoms. The van der Waals surface area contributed by atoms with Crippen LogP contribution in [-0.4, -0.2) is 15.3 Å². The van der Waals surface area contributed by atoms with Crippen molar-refractivity contribution in [1.82, 2.24) is 9.55 Å². The van der Waals surface area contributed by atoms with Crippen LogP contribution < -0.4 is 5.56 Å². The fourth-order valence-corrected chi connectivity index (χ4v) is 4.09. The lowest BCUT2D eigenvalue weighted by Crippen LogP contribution is -2.23. The van der Waals surface area contributed by atoms with Gasteiger partial charge in [-0.25, -0.2) is 4.98 Å². The summed E-state index contributed by atoms with van der Waals surface area (Å²) in [4.78, 5) is 17.9. The van der Waals surface area contributed by atoms with Crippen LogP contribution in [0.3, 0.4) is 0 Å². The molecule has 0 radical (unpaired) electrons. The second-order valence-electron chi connectivity index (χ2n) is 6.27. The molecule has 0 spiro atoms. The van der Waals surface area contributed by atoms with Crippen LogP contribution >= 0.6 is 23.4 Å². The molecule has 28 heavy (non-hydrogen) atoms. The quantitative estimate of drug-likeness (QED) is 0.428. The molecule has 0 aliphatic carbocycles. The molecular formula is C21H17ClN4OS. The van der Waals surface area contributed by atoms with E-state index >= 15 is 0 Å². The van der Waals surface area contributed by atoms with E-state index in [2.05, 4.69) is 17.1 Å². The summed E-state index contributed by atoms with van der Waals surface area (Å²) in [6, 6.07) is 16.9. The maximum atomic E-state index is 13.3. The lowest BCUT2D eigenvalue weighted by molar-refractivity contribution is 0.682. The number of thioether (sulfide) groups is 1. The van der Waals surface area contributed by atoms with Crippen molar-refractivity contribution in [2.24, 2.45) is 5.92 Å². The number of nitrogens with zero attached hydrogens (tertiary/aromatic N) is 4. The highest BCUT2D eigenvalue weighted by Gasteiger charge is 2.17. The van der Waals surface area contributed by atoms with Gasteiger partial charge in [0.2, 0.25) is 0 Å². The van der Waals surface area contributed by atoms with Gasteiger partial charge in [0.05, 0.1) is 34.6 Å². The van der Waals surface area contributed by atoms with Crippen molar-refractivity contribution in [3.05, 3.63) is 63.4 Å². The third-order valence-corrected chi connectivity index (χ3v) is 5.94. The fraction of sp³-hybridized carbons (Fsp3) is 0.238. The zero-order valence-corrected chi connectivity index (χ0v) is 16.8. The first-order chi connectivity index (χ1) is 13.6. The SMILES string of the molecule is Cc1c(Cl)cccc1-n1c(SC[C@@H](C#N)CCC#N)nc2ccccc2c1=O. The van der Waals surface area contributed by atoms with Gasteiger partial charge >= 0.3 is 0 Å². The van der Waals surface area contributed by atoms with Gasteiger partial charge in [-0.1, -0.05) is 41.6 Å². The van der Waals surface area contributed by atoms with Crippen molar-refractivity contribution in [1.29, 1.82) is 10.5 Å². The summed E-state index contributed by atoms with van der Waals surface area (Å²) in [5.74, 6) is 0.157. The zero-order valence-electron chi connectivity index (χ0n) is 15.2. The molecule has 0 saturated heterocycles. The number of para-hydroxylation sites is 1. The molecule has 7 heteroatoms. The lowest BCUT2D eigenvalue weighted by Gasteiger charge is -2.16. The normalized spacial score (nSPS) is 11.7. The van der Waals surface area contributed by atoms with E-state index in [1.54, 1.807) is 34.9 Å². The minimum Gasteiger partial charge on any atom is -0.268 e. The Hall–Kier alpha value is -2.80. The number of benzene rings is 2. The van der Waals surface area contributed by atoms with Crippen LogP contribution in [0.25, 0.3) is 16.6 Å². The summed E-state index contributed by atoms with van der Waals surface area (Å²) < 4.78 is 1.56. The number of aromatic nitrogens is 2. The Balaban J connectivity index is 2.13. The van der Waals surface area contributed by atoms with Gasteiger partial charge in [-0.15, -0.1) is 0 Å². The largest absolute Gasteiger partial charge is 0.268 e. The maximum absolute atomic E-state index is 13.3. The van der Waals surface area contributed by atoms with E-state index in [1.165, 1.54) is 11.8 Å². The lowest BCUT2D eigenvalue weighted by atomic mass is 10.1. The Morgan fingerprint density at radius 3 is 2.75 bits per heavy atom. The van der Waals surface area contributed by atoms with E-state index < -0.39 is 0 Å². The van der Waals surface area contributed by atoms with E-state index in [0.717, 1.165) is 5.56 Å². The third-order valence-electron chi connectivity index (χ3n) is 4.43. The van der Waals surface area contributed by atoms with Crippen molar-refractivity contribution >= 4 is 34.3 Å². The summed E-state index contributed by atoms with van der Waals surface area (Å²) in [6.07, 6.45) is 0.818. The molecule has 1 atom stereocenters. The number of hydrogen-bond donors (Lipinski definition) is 0. The van der Waals surface area contributed by atoms with Gasteiger partial charge in [-0.2, -0.15) is 10.5 Å². The topological polar surface area (TPSA) is 82.5 Å². The van der Waals surface area contributed by atoms with E-state index in [1.807, 2.05) is 19.1 Å². The molecule has 5 nitrogen and oxygen atoms in total. The highest BCUT2D eigenvalue weighted by Crippen LogP contribution is 2.28. The Bertz CT molecular complexity index is 1160. The molecule has 0 aliphatic heterocycles. The Labute approximate surface area is 172 Å². The average molecular weight is 409 g/mol. The minimum atomic E-state index is -0.290. The monoisotopic (exact) mass is 408 g/mol. The van der Waals surface area contributed by atoms with Gasteiger partial charge in [0.15, 0.2) is 5.16 Å². The van der Waals surface area contributed by atoms with Crippen LogP contribution in [0.15, 0.2) is 52.4 Å². The van der Waals surface area contributed by atoms with Gasteiger partial charge in [0, 0.05) is 17.2 Å². The molecule has 0 aliphatic rings. The second kappa shape index (κ2) is 8.93. The Kier molecular flexibility index (Phi) is 6.36. The van der Waals surface area contributed by atoms with Crippen molar-refractivity contribution in [3.63, 3.8) is 0 Å². The number of hydrogen-bond acceptors (Lipinski definition) is 5. The number of halogens is 1. The number of rotatable bonds is 6. The van der Waals surface area contributed by atoms with Gasteiger partial charge in [-0.3, -0.25) is 9.36 Å². The van der Waals surface area contributed by atoms with E-state index in [-0.39, 0.29) is 11.5 Å². The summed E-state index contributed by atoms with van der Waals surface area (Å²) in [5.41, 5.74) is 1.88. The molecule has 1 aromatic heterocycles. The highest BCUT2D eigenvalue weighted by atomic mass is 35.5. The van der Waals surface area contributed by atoms with Crippen LogP contribution in [-0.2, 0) is 0 Å². The van der Waals surface area contributed by atoms with Gasteiger partial charge < -0.3 is 0 Å². The minimum absolute atomic E-state index is 0.177. The first kappa shape index (κ1) is 19.9. The molecule has 0 amide bonds. The Morgan fingerprint density at radius 2 is 2.00 bits per heavy atom. The molecular weight excluding hydrogens is 392 g/mol. The summed E-state index contributed by atoms with van der Waals surface area (Å²) >= 11 is 7.62. The maximum Gasteiger partial charge on any atom is 0.266 e. The molecule has 3 aromatic rings. The standard InChI is InChI=1S/C21H17ClN4OS/c1-14-17(22)8-4-10-19(14)26-20(27)16-7-2-3-9-18(16)25-21(26)28-13-15(12-24)6-5-11-23/h2-4,7-10,15H,5-6,13H2,1H3/t15-/m1/s1. The molecule has 0 fully saturated rings. The van der Waals surface area contributed by atoms with Crippen molar-refractivity contribution in [3.8, 4) is 17.8 Å². The zero-order chi connectivity index (χ0) is 20.1. The molecule has 140 valence electrons. The van der Waals surface area contributed by atoms with Crippen molar-refractivity contribution in [2.45, 2.75) is 24.9 Å². The predicted octanol–water partition coefficient (Wildman–Crippen LogP) is 4.88. The van der Waals surface area contributed by atoms with Crippen LogP contribution in [0.4, 0.5) is 0 Å².